The Kier molecular flexibility index (Phi) is 5.64. The molecule has 2 aromatic rings. The molecule has 1 aromatic carbocycles. The second-order valence-corrected chi connectivity index (χ2v) is 6.08. The van der Waals surface area contributed by atoms with Crippen molar-refractivity contribution in [2.45, 2.75) is 18.4 Å². The van der Waals surface area contributed by atoms with Gasteiger partial charge in [-0.05, 0) is 48.0 Å². The van der Waals surface area contributed by atoms with E-state index < -0.39 is 0 Å². The van der Waals surface area contributed by atoms with Crippen molar-refractivity contribution in [3.05, 3.63) is 46.2 Å². The van der Waals surface area contributed by atoms with Crippen LogP contribution in [0.2, 0.25) is 0 Å². The maximum atomic E-state index is 8.07. The monoisotopic (exact) mass is 305 g/mol. The Bertz CT molecular complexity index is 565. The van der Waals surface area contributed by atoms with Gasteiger partial charge in [0, 0.05) is 17.1 Å². The molecule has 0 radical (unpaired) electrons. The molecule has 0 unspecified atom stereocenters. The number of hydrogen-bond donors (Lipinski definition) is 3. The van der Waals surface area contributed by atoms with Gasteiger partial charge in [0.15, 0.2) is 0 Å². The van der Waals surface area contributed by atoms with E-state index in [4.69, 9.17) is 5.41 Å². The quantitative estimate of drug-likeness (QED) is 0.429. The van der Waals surface area contributed by atoms with Crippen LogP contribution in [0.15, 0.2) is 40.6 Å². The summed E-state index contributed by atoms with van der Waals surface area (Å²) in [6.45, 7) is 3.92. The van der Waals surface area contributed by atoms with Crippen molar-refractivity contribution in [3.63, 3.8) is 0 Å². The summed E-state index contributed by atoms with van der Waals surface area (Å²) in [5.41, 5.74) is 2.23. The molecular weight excluding hydrogens is 286 g/mol. The molecule has 0 fully saturated rings. The van der Waals surface area contributed by atoms with Gasteiger partial charge >= 0.3 is 0 Å². The highest BCUT2D eigenvalue weighted by Gasteiger charge is 2.06. The highest BCUT2D eigenvalue weighted by atomic mass is 32.2. The van der Waals surface area contributed by atoms with Gasteiger partial charge in [0.05, 0.1) is 4.88 Å². The molecule has 3 N–H and O–H groups in total. The summed E-state index contributed by atoms with van der Waals surface area (Å²) < 4.78 is 0. The number of nitrogens with one attached hydrogen (secondary N) is 3. The van der Waals surface area contributed by atoms with Crippen LogP contribution in [0.4, 0.5) is 5.69 Å². The Labute approximate surface area is 128 Å². The molecular formula is C15H19N3S2. The predicted octanol–water partition coefficient (Wildman–Crippen LogP) is 4.02. The molecule has 3 nitrogen and oxygen atoms in total. The first-order chi connectivity index (χ1) is 9.74. The van der Waals surface area contributed by atoms with Crippen molar-refractivity contribution in [1.29, 1.82) is 5.41 Å². The van der Waals surface area contributed by atoms with E-state index in [-0.39, 0.29) is 0 Å². The van der Waals surface area contributed by atoms with Crippen LogP contribution in [-0.4, -0.2) is 18.6 Å². The lowest BCUT2D eigenvalue weighted by Crippen LogP contribution is -2.14. The van der Waals surface area contributed by atoms with Gasteiger partial charge in [-0.3, -0.25) is 5.41 Å². The van der Waals surface area contributed by atoms with Crippen molar-refractivity contribution in [1.82, 2.24) is 5.32 Å². The summed E-state index contributed by atoms with van der Waals surface area (Å²) >= 11 is 3.32. The van der Waals surface area contributed by atoms with Crippen molar-refractivity contribution < 1.29 is 0 Å². The summed E-state index contributed by atoms with van der Waals surface area (Å²) in [6, 6.07) is 10.2. The molecule has 20 heavy (non-hydrogen) atoms. The summed E-state index contributed by atoms with van der Waals surface area (Å²) in [7, 11) is 0. The van der Waals surface area contributed by atoms with Crippen LogP contribution >= 0.6 is 23.1 Å². The summed E-state index contributed by atoms with van der Waals surface area (Å²) in [6.07, 6.45) is 2.09. The Balaban J connectivity index is 2.13. The number of anilines is 1. The van der Waals surface area contributed by atoms with Gasteiger partial charge in [0.1, 0.15) is 5.84 Å². The standard InChI is InChI=1S/C15H19N3S2/c1-3-17-10-11-9-12(6-7-13(11)19-2)18-15(16)14-5-4-8-20-14/h4-9,17H,3,10H2,1-2H3,(H2,16,18). The van der Waals surface area contributed by atoms with Crippen molar-refractivity contribution in [2.75, 3.05) is 18.1 Å². The summed E-state index contributed by atoms with van der Waals surface area (Å²) in [4.78, 5) is 2.23. The van der Waals surface area contributed by atoms with Gasteiger partial charge in [-0.15, -0.1) is 23.1 Å². The minimum absolute atomic E-state index is 0.450. The second kappa shape index (κ2) is 7.47. The van der Waals surface area contributed by atoms with E-state index in [9.17, 15) is 0 Å². The van der Waals surface area contributed by atoms with E-state index in [2.05, 4.69) is 35.9 Å². The molecule has 0 bridgehead atoms. The number of thioether (sulfide) groups is 1. The van der Waals surface area contributed by atoms with Crippen LogP contribution in [-0.2, 0) is 6.54 Å². The Morgan fingerprint density at radius 3 is 2.85 bits per heavy atom. The fourth-order valence-electron chi connectivity index (χ4n) is 1.88. The van der Waals surface area contributed by atoms with Crippen LogP contribution in [0, 0.1) is 5.41 Å². The number of rotatable bonds is 6. The molecule has 0 saturated heterocycles. The van der Waals surface area contributed by atoms with E-state index >= 15 is 0 Å². The first-order valence-electron chi connectivity index (χ1n) is 6.51. The van der Waals surface area contributed by atoms with Gasteiger partial charge in [-0.2, -0.15) is 0 Å². The lowest BCUT2D eigenvalue weighted by Gasteiger charge is -2.12. The zero-order valence-electron chi connectivity index (χ0n) is 11.7. The van der Waals surface area contributed by atoms with E-state index in [0.717, 1.165) is 23.7 Å². The minimum Gasteiger partial charge on any atom is -0.340 e. The van der Waals surface area contributed by atoms with Crippen molar-refractivity contribution >= 4 is 34.6 Å². The molecule has 5 heteroatoms. The van der Waals surface area contributed by atoms with Gasteiger partial charge in [-0.25, -0.2) is 0 Å². The summed E-state index contributed by atoms with van der Waals surface area (Å²) in [5.74, 6) is 0.450. The Morgan fingerprint density at radius 2 is 2.20 bits per heavy atom. The number of benzene rings is 1. The highest BCUT2D eigenvalue weighted by molar-refractivity contribution is 7.98. The summed E-state index contributed by atoms with van der Waals surface area (Å²) in [5, 5.41) is 16.6. The van der Waals surface area contributed by atoms with E-state index in [1.54, 1.807) is 23.1 Å². The molecule has 1 aromatic heterocycles. The van der Waals surface area contributed by atoms with Gasteiger partial charge in [0.2, 0.25) is 0 Å². The fraction of sp³-hybridized carbons (Fsp3) is 0.267. The average molecular weight is 305 g/mol. The molecule has 0 aliphatic rings. The molecule has 2 rings (SSSR count). The van der Waals surface area contributed by atoms with Crippen LogP contribution in [0.25, 0.3) is 0 Å². The van der Waals surface area contributed by atoms with Crippen LogP contribution in [0.5, 0.6) is 0 Å². The predicted molar refractivity (Wildman–Crippen MR) is 90.4 cm³/mol. The third kappa shape index (κ3) is 3.85. The first-order valence-corrected chi connectivity index (χ1v) is 8.62. The zero-order valence-corrected chi connectivity index (χ0v) is 13.3. The average Bonchev–Trinajstić information content (AvgIpc) is 2.99. The van der Waals surface area contributed by atoms with Crippen LogP contribution in [0.3, 0.4) is 0 Å². The zero-order chi connectivity index (χ0) is 14.4. The van der Waals surface area contributed by atoms with E-state index in [0.29, 0.717) is 5.84 Å². The molecule has 0 atom stereocenters. The smallest absolute Gasteiger partial charge is 0.140 e. The van der Waals surface area contributed by atoms with Crippen molar-refractivity contribution in [3.8, 4) is 0 Å². The SMILES string of the molecule is CCNCc1cc(NC(=N)c2cccs2)ccc1SC. The lowest BCUT2D eigenvalue weighted by molar-refractivity contribution is 0.718. The third-order valence-electron chi connectivity index (χ3n) is 2.88. The lowest BCUT2D eigenvalue weighted by atomic mass is 10.2. The molecule has 0 spiro atoms. The maximum absolute atomic E-state index is 8.07. The third-order valence-corrected chi connectivity index (χ3v) is 4.61. The molecule has 106 valence electrons. The minimum atomic E-state index is 0.450. The van der Waals surface area contributed by atoms with Crippen LogP contribution in [0.1, 0.15) is 17.4 Å². The van der Waals surface area contributed by atoms with Crippen LogP contribution < -0.4 is 10.6 Å². The molecule has 0 amide bonds. The molecule has 0 aliphatic carbocycles. The van der Waals surface area contributed by atoms with Gasteiger partial charge < -0.3 is 10.6 Å². The van der Waals surface area contributed by atoms with Gasteiger partial charge in [0.25, 0.3) is 0 Å². The number of thiophene rings is 1. The van der Waals surface area contributed by atoms with Gasteiger partial charge in [-0.1, -0.05) is 13.0 Å². The first kappa shape index (κ1) is 15.1. The van der Waals surface area contributed by atoms with E-state index in [1.807, 2.05) is 23.6 Å². The number of hydrogen-bond acceptors (Lipinski definition) is 4. The Hall–Kier alpha value is -1.30. The topological polar surface area (TPSA) is 47.9 Å². The maximum Gasteiger partial charge on any atom is 0.140 e. The largest absolute Gasteiger partial charge is 0.340 e. The second-order valence-electron chi connectivity index (χ2n) is 4.28. The van der Waals surface area contributed by atoms with E-state index in [1.165, 1.54) is 10.5 Å². The Morgan fingerprint density at radius 1 is 1.35 bits per heavy atom. The molecule has 0 aliphatic heterocycles. The molecule has 0 saturated carbocycles. The fourth-order valence-corrected chi connectivity index (χ4v) is 3.11. The van der Waals surface area contributed by atoms with Crippen molar-refractivity contribution in [2.24, 2.45) is 0 Å². The normalized spacial score (nSPS) is 10.5. The number of amidine groups is 1. The molecule has 1 heterocycles. The highest BCUT2D eigenvalue weighted by Crippen LogP contribution is 2.24.